The fourth-order valence-corrected chi connectivity index (χ4v) is 2.25. The molecule has 1 aromatic rings. The van der Waals surface area contributed by atoms with Gasteiger partial charge in [-0.25, -0.2) is 4.98 Å². The number of anilines is 1. The van der Waals surface area contributed by atoms with Crippen LogP contribution >= 0.6 is 0 Å². The molecule has 2 heterocycles. The van der Waals surface area contributed by atoms with Crippen molar-refractivity contribution >= 4 is 18.4 Å². The Kier molecular flexibility index (Phi) is 4.64. The van der Waals surface area contributed by atoms with Gasteiger partial charge in [-0.15, -0.1) is 0 Å². The molecule has 1 saturated heterocycles. The number of pyridine rings is 1. The highest BCUT2D eigenvalue weighted by Crippen LogP contribution is 2.36. The molecule has 0 saturated carbocycles. The van der Waals surface area contributed by atoms with E-state index in [1.165, 1.54) is 12.8 Å². The highest BCUT2D eigenvalue weighted by Gasteiger charge is 2.51. The lowest BCUT2D eigenvalue weighted by Crippen LogP contribution is -2.41. The minimum absolute atomic E-state index is 0.311. The molecule has 4 nitrogen and oxygen atoms in total. The van der Waals surface area contributed by atoms with Gasteiger partial charge in [0, 0.05) is 25.3 Å². The standard InChI is InChI=1S/C16H27BN2O2/c1-7-8-11-19(6)14-10-9-13(12-18-14)17-20-15(2,3)16(4,5)21-17/h9-10,12H,7-8,11H2,1-6H3. The van der Waals surface area contributed by atoms with Crippen LogP contribution in [0.1, 0.15) is 47.5 Å². The Hall–Kier alpha value is -1.07. The van der Waals surface area contributed by atoms with Gasteiger partial charge in [-0.2, -0.15) is 0 Å². The summed E-state index contributed by atoms with van der Waals surface area (Å²) in [5.41, 5.74) is 0.351. The number of rotatable bonds is 5. The van der Waals surface area contributed by atoms with Crippen molar-refractivity contribution in [3.8, 4) is 0 Å². The number of unbranched alkanes of at least 4 members (excludes halogenated alkanes) is 1. The molecule has 0 radical (unpaired) electrons. The number of nitrogens with zero attached hydrogens (tertiary/aromatic N) is 2. The Morgan fingerprint density at radius 1 is 1.14 bits per heavy atom. The van der Waals surface area contributed by atoms with Crippen molar-refractivity contribution in [3.63, 3.8) is 0 Å². The molecule has 0 amide bonds. The zero-order chi connectivity index (χ0) is 15.7. The summed E-state index contributed by atoms with van der Waals surface area (Å²) in [5.74, 6) is 0.990. The zero-order valence-corrected chi connectivity index (χ0v) is 14.1. The van der Waals surface area contributed by atoms with Crippen LogP contribution in [0.2, 0.25) is 0 Å². The van der Waals surface area contributed by atoms with Crippen LogP contribution in [0.4, 0.5) is 5.82 Å². The first-order valence-corrected chi connectivity index (χ1v) is 7.79. The maximum atomic E-state index is 6.04. The molecule has 2 rings (SSSR count). The molecule has 0 aromatic carbocycles. The van der Waals surface area contributed by atoms with Crippen LogP contribution in [0.25, 0.3) is 0 Å². The van der Waals surface area contributed by atoms with Crippen LogP contribution in [0.3, 0.4) is 0 Å². The van der Waals surface area contributed by atoms with Gasteiger partial charge >= 0.3 is 7.12 Å². The number of aromatic nitrogens is 1. The van der Waals surface area contributed by atoms with Gasteiger partial charge in [-0.3, -0.25) is 0 Å². The van der Waals surface area contributed by atoms with Crippen molar-refractivity contribution in [2.75, 3.05) is 18.5 Å². The van der Waals surface area contributed by atoms with Gasteiger partial charge in [-0.1, -0.05) is 19.4 Å². The Balaban J connectivity index is 2.07. The highest BCUT2D eigenvalue weighted by molar-refractivity contribution is 6.62. The van der Waals surface area contributed by atoms with Gasteiger partial charge in [0.1, 0.15) is 5.82 Å². The van der Waals surface area contributed by atoms with Crippen LogP contribution in [0, 0.1) is 0 Å². The minimum Gasteiger partial charge on any atom is -0.399 e. The quantitative estimate of drug-likeness (QED) is 0.781. The smallest absolute Gasteiger partial charge is 0.399 e. The van der Waals surface area contributed by atoms with Gasteiger partial charge in [0.25, 0.3) is 0 Å². The van der Waals surface area contributed by atoms with Crippen LogP contribution in [0.5, 0.6) is 0 Å². The first-order valence-electron chi connectivity index (χ1n) is 7.79. The van der Waals surface area contributed by atoms with Crippen molar-refractivity contribution in [2.24, 2.45) is 0 Å². The summed E-state index contributed by atoms with van der Waals surface area (Å²) < 4.78 is 12.1. The third-order valence-corrected chi connectivity index (χ3v) is 4.53. The maximum absolute atomic E-state index is 6.04. The largest absolute Gasteiger partial charge is 0.496 e. The van der Waals surface area contributed by atoms with E-state index < -0.39 is 0 Å². The molecule has 1 aromatic heterocycles. The van der Waals surface area contributed by atoms with Crippen molar-refractivity contribution < 1.29 is 9.31 Å². The van der Waals surface area contributed by atoms with E-state index in [1.54, 1.807) is 0 Å². The minimum atomic E-state index is -0.336. The summed E-state index contributed by atoms with van der Waals surface area (Å²) in [5, 5.41) is 0. The van der Waals surface area contributed by atoms with E-state index in [4.69, 9.17) is 9.31 Å². The Labute approximate surface area is 129 Å². The van der Waals surface area contributed by atoms with Gasteiger partial charge in [-0.05, 0) is 40.2 Å². The normalized spacial score (nSPS) is 19.8. The molecule has 0 atom stereocenters. The van der Waals surface area contributed by atoms with E-state index in [1.807, 2.05) is 18.3 Å². The van der Waals surface area contributed by atoms with Gasteiger partial charge in [0.05, 0.1) is 11.2 Å². The van der Waals surface area contributed by atoms with Crippen molar-refractivity contribution in [3.05, 3.63) is 18.3 Å². The number of hydrogen-bond acceptors (Lipinski definition) is 4. The summed E-state index contributed by atoms with van der Waals surface area (Å²) in [7, 11) is 1.74. The second-order valence-electron chi connectivity index (χ2n) is 6.81. The molecule has 21 heavy (non-hydrogen) atoms. The molecule has 0 unspecified atom stereocenters. The molecule has 1 aliphatic heterocycles. The summed E-state index contributed by atoms with van der Waals surface area (Å²) in [6, 6.07) is 4.09. The molecule has 1 fully saturated rings. The van der Waals surface area contributed by atoms with Crippen LogP contribution in [-0.4, -0.2) is 36.9 Å². The summed E-state index contributed by atoms with van der Waals surface area (Å²) in [6.45, 7) is 11.5. The second kappa shape index (κ2) is 5.97. The van der Waals surface area contributed by atoms with E-state index in [9.17, 15) is 0 Å². The van der Waals surface area contributed by atoms with Gasteiger partial charge in [0.15, 0.2) is 0 Å². The lowest BCUT2D eigenvalue weighted by molar-refractivity contribution is 0.00578. The second-order valence-corrected chi connectivity index (χ2v) is 6.81. The third-order valence-electron chi connectivity index (χ3n) is 4.53. The van der Waals surface area contributed by atoms with Crippen LogP contribution in [0.15, 0.2) is 18.3 Å². The monoisotopic (exact) mass is 290 g/mol. The average Bonchev–Trinajstić information content (AvgIpc) is 2.65. The lowest BCUT2D eigenvalue weighted by atomic mass is 9.80. The maximum Gasteiger partial charge on any atom is 0.496 e. The molecule has 0 spiro atoms. The molecular weight excluding hydrogens is 263 g/mol. The SMILES string of the molecule is CCCCN(C)c1ccc(B2OC(C)(C)C(C)(C)O2)cn1. The zero-order valence-electron chi connectivity index (χ0n) is 14.1. The Morgan fingerprint density at radius 2 is 1.76 bits per heavy atom. The van der Waals surface area contributed by atoms with Crippen molar-refractivity contribution in [1.29, 1.82) is 0 Å². The fourth-order valence-electron chi connectivity index (χ4n) is 2.25. The Bertz CT molecular complexity index is 458. The first kappa shape index (κ1) is 16.3. The molecule has 0 N–H and O–H groups in total. The summed E-state index contributed by atoms with van der Waals surface area (Å²) >= 11 is 0. The molecule has 5 heteroatoms. The highest BCUT2D eigenvalue weighted by atomic mass is 16.7. The molecule has 0 bridgehead atoms. The predicted octanol–water partition coefficient (Wildman–Crippen LogP) is 2.62. The average molecular weight is 290 g/mol. The lowest BCUT2D eigenvalue weighted by Gasteiger charge is -2.32. The van der Waals surface area contributed by atoms with E-state index in [2.05, 4.69) is 51.6 Å². The summed E-state index contributed by atoms with van der Waals surface area (Å²) in [6.07, 6.45) is 4.23. The van der Waals surface area contributed by atoms with E-state index in [0.717, 1.165) is 17.8 Å². The van der Waals surface area contributed by atoms with Crippen molar-refractivity contribution in [2.45, 2.75) is 58.7 Å². The van der Waals surface area contributed by atoms with E-state index >= 15 is 0 Å². The predicted molar refractivity (Wildman–Crippen MR) is 88.1 cm³/mol. The van der Waals surface area contributed by atoms with E-state index in [-0.39, 0.29) is 18.3 Å². The molecule has 116 valence electrons. The fraction of sp³-hybridized carbons (Fsp3) is 0.688. The van der Waals surface area contributed by atoms with Crippen LogP contribution < -0.4 is 10.4 Å². The number of hydrogen-bond donors (Lipinski definition) is 0. The third kappa shape index (κ3) is 3.41. The topological polar surface area (TPSA) is 34.6 Å². The van der Waals surface area contributed by atoms with Gasteiger partial charge < -0.3 is 14.2 Å². The van der Waals surface area contributed by atoms with Crippen molar-refractivity contribution in [1.82, 2.24) is 4.98 Å². The van der Waals surface area contributed by atoms with E-state index in [0.29, 0.717) is 0 Å². The molecule has 0 aliphatic carbocycles. The summed E-state index contributed by atoms with van der Waals surface area (Å²) in [4.78, 5) is 6.72. The Morgan fingerprint density at radius 3 is 2.24 bits per heavy atom. The van der Waals surface area contributed by atoms with Gasteiger partial charge in [0.2, 0.25) is 0 Å². The van der Waals surface area contributed by atoms with Crippen LogP contribution in [-0.2, 0) is 9.31 Å². The molecular formula is C16H27BN2O2. The first-order chi connectivity index (χ1) is 9.77. The molecule has 1 aliphatic rings.